The van der Waals surface area contributed by atoms with Crippen molar-refractivity contribution >= 4 is 11.4 Å². The number of hydrogen-bond acceptors (Lipinski definition) is 3. The molecule has 1 aromatic carbocycles. The van der Waals surface area contributed by atoms with E-state index in [4.69, 9.17) is 10.5 Å². The molecule has 1 aliphatic rings. The molecule has 0 unspecified atom stereocenters. The number of nitrogens with two attached hydrogens (primary N) is 1. The number of nitrogen functional groups attached to an aromatic ring is 1. The van der Waals surface area contributed by atoms with Gasteiger partial charge >= 0.3 is 0 Å². The van der Waals surface area contributed by atoms with Gasteiger partial charge in [0.05, 0.1) is 19.3 Å². The number of rotatable bonds is 2. The van der Waals surface area contributed by atoms with Crippen molar-refractivity contribution in [3.05, 3.63) is 18.2 Å². The lowest BCUT2D eigenvalue weighted by Crippen LogP contribution is -2.25. The minimum absolute atomic E-state index is 0.111. The van der Waals surface area contributed by atoms with E-state index < -0.39 is 5.92 Å². The second-order valence-electron chi connectivity index (χ2n) is 3.96. The highest BCUT2D eigenvalue weighted by Crippen LogP contribution is 2.36. The molecule has 88 valence electrons. The van der Waals surface area contributed by atoms with Crippen molar-refractivity contribution in [3.8, 4) is 5.75 Å². The van der Waals surface area contributed by atoms with Gasteiger partial charge in [-0.15, -0.1) is 0 Å². The summed E-state index contributed by atoms with van der Waals surface area (Å²) in [5.41, 5.74) is 6.84. The van der Waals surface area contributed by atoms with E-state index in [-0.39, 0.29) is 13.0 Å². The summed E-state index contributed by atoms with van der Waals surface area (Å²) >= 11 is 0. The standard InChI is InChI=1S/C11H14F2N2O/c1-16-10-6-8(14)2-3-9(10)15-5-4-11(12,13)7-15/h2-3,6H,4-5,7,14H2,1H3. The molecule has 0 aromatic heterocycles. The van der Waals surface area contributed by atoms with Gasteiger partial charge in [-0.05, 0) is 12.1 Å². The van der Waals surface area contributed by atoms with Gasteiger partial charge in [-0.1, -0.05) is 0 Å². The zero-order valence-electron chi connectivity index (χ0n) is 9.04. The highest BCUT2D eigenvalue weighted by Gasteiger charge is 2.39. The van der Waals surface area contributed by atoms with Crippen LogP contribution in [0.5, 0.6) is 5.75 Å². The first-order chi connectivity index (χ1) is 7.52. The molecule has 0 aliphatic carbocycles. The Kier molecular flexibility index (Phi) is 2.61. The number of alkyl halides is 2. The van der Waals surface area contributed by atoms with Gasteiger partial charge in [0.1, 0.15) is 5.75 Å². The quantitative estimate of drug-likeness (QED) is 0.788. The number of halogens is 2. The Morgan fingerprint density at radius 3 is 2.75 bits per heavy atom. The fourth-order valence-electron chi connectivity index (χ4n) is 1.90. The number of benzene rings is 1. The number of nitrogens with zero attached hydrogens (tertiary/aromatic N) is 1. The third-order valence-electron chi connectivity index (χ3n) is 2.71. The van der Waals surface area contributed by atoms with E-state index in [1.54, 1.807) is 23.1 Å². The summed E-state index contributed by atoms with van der Waals surface area (Å²) in [6.07, 6.45) is -0.111. The first kappa shape index (κ1) is 11.0. The van der Waals surface area contributed by atoms with Crippen LogP contribution in [-0.4, -0.2) is 26.1 Å². The molecule has 0 radical (unpaired) electrons. The smallest absolute Gasteiger partial charge is 0.266 e. The predicted molar refractivity (Wildman–Crippen MR) is 59.2 cm³/mol. The summed E-state index contributed by atoms with van der Waals surface area (Å²) in [5, 5.41) is 0. The summed E-state index contributed by atoms with van der Waals surface area (Å²) < 4.78 is 31.3. The van der Waals surface area contributed by atoms with Gasteiger partial charge in [0.15, 0.2) is 0 Å². The Hall–Kier alpha value is -1.52. The molecule has 1 aromatic rings. The lowest BCUT2D eigenvalue weighted by Gasteiger charge is -2.21. The maximum absolute atomic E-state index is 13.1. The van der Waals surface area contributed by atoms with Crippen molar-refractivity contribution in [2.24, 2.45) is 0 Å². The molecule has 2 N–H and O–H groups in total. The number of ether oxygens (including phenoxy) is 1. The highest BCUT2D eigenvalue weighted by molar-refractivity contribution is 5.64. The third-order valence-corrected chi connectivity index (χ3v) is 2.71. The van der Waals surface area contributed by atoms with Crippen LogP contribution in [-0.2, 0) is 0 Å². The maximum atomic E-state index is 13.1. The van der Waals surface area contributed by atoms with Crippen LogP contribution in [0.4, 0.5) is 20.2 Å². The van der Waals surface area contributed by atoms with Crippen LogP contribution in [0, 0.1) is 0 Å². The zero-order chi connectivity index (χ0) is 11.8. The highest BCUT2D eigenvalue weighted by atomic mass is 19.3. The van der Waals surface area contributed by atoms with Crippen molar-refractivity contribution in [2.45, 2.75) is 12.3 Å². The molecular weight excluding hydrogens is 214 g/mol. The average Bonchev–Trinajstić information content (AvgIpc) is 2.58. The van der Waals surface area contributed by atoms with E-state index in [0.717, 1.165) is 0 Å². The number of anilines is 2. The van der Waals surface area contributed by atoms with Crippen molar-refractivity contribution < 1.29 is 13.5 Å². The van der Waals surface area contributed by atoms with Crippen molar-refractivity contribution in [2.75, 3.05) is 30.8 Å². The van der Waals surface area contributed by atoms with Crippen molar-refractivity contribution in [1.29, 1.82) is 0 Å². The summed E-state index contributed by atoms with van der Waals surface area (Å²) in [6.45, 7) is 0.0839. The Morgan fingerprint density at radius 2 is 2.19 bits per heavy atom. The van der Waals surface area contributed by atoms with Gasteiger partial charge in [0.2, 0.25) is 0 Å². The van der Waals surface area contributed by atoms with Crippen LogP contribution >= 0.6 is 0 Å². The lowest BCUT2D eigenvalue weighted by atomic mass is 10.2. The molecule has 1 saturated heterocycles. The number of hydrogen-bond donors (Lipinski definition) is 1. The van der Waals surface area contributed by atoms with E-state index >= 15 is 0 Å². The molecule has 0 saturated carbocycles. The van der Waals surface area contributed by atoms with Crippen molar-refractivity contribution in [1.82, 2.24) is 0 Å². The largest absolute Gasteiger partial charge is 0.495 e. The number of methoxy groups -OCH3 is 1. The molecule has 5 heteroatoms. The van der Waals surface area contributed by atoms with Crippen LogP contribution in [0.1, 0.15) is 6.42 Å². The van der Waals surface area contributed by atoms with Gasteiger partial charge < -0.3 is 15.4 Å². The predicted octanol–water partition coefficient (Wildman–Crippen LogP) is 2.12. The molecule has 0 amide bonds. The molecule has 3 nitrogen and oxygen atoms in total. The van der Waals surface area contributed by atoms with E-state index in [1.165, 1.54) is 7.11 Å². The third kappa shape index (κ3) is 2.03. The molecule has 16 heavy (non-hydrogen) atoms. The molecule has 0 atom stereocenters. The normalized spacial score (nSPS) is 18.8. The summed E-state index contributed by atoms with van der Waals surface area (Å²) in [6, 6.07) is 5.05. The first-order valence-electron chi connectivity index (χ1n) is 5.08. The van der Waals surface area contributed by atoms with Crippen molar-refractivity contribution in [3.63, 3.8) is 0 Å². The van der Waals surface area contributed by atoms with Crippen LogP contribution in [0.15, 0.2) is 18.2 Å². The van der Waals surface area contributed by atoms with Gasteiger partial charge in [0, 0.05) is 24.7 Å². The topological polar surface area (TPSA) is 38.5 Å². The van der Waals surface area contributed by atoms with Crippen LogP contribution < -0.4 is 15.4 Å². The Balaban J connectivity index is 2.27. The molecule has 1 aliphatic heterocycles. The zero-order valence-corrected chi connectivity index (χ0v) is 9.04. The van der Waals surface area contributed by atoms with Gasteiger partial charge in [-0.2, -0.15) is 0 Å². The molecule has 1 fully saturated rings. The Bertz CT molecular complexity index is 396. The fourth-order valence-corrected chi connectivity index (χ4v) is 1.90. The second-order valence-corrected chi connectivity index (χ2v) is 3.96. The molecule has 1 heterocycles. The Morgan fingerprint density at radius 1 is 1.44 bits per heavy atom. The SMILES string of the molecule is COc1cc(N)ccc1N1CCC(F)(F)C1. The van der Waals surface area contributed by atoms with Crippen LogP contribution in [0.25, 0.3) is 0 Å². The lowest BCUT2D eigenvalue weighted by molar-refractivity contribution is 0.0257. The van der Waals surface area contributed by atoms with E-state index in [2.05, 4.69) is 0 Å². The van der Waals surface area contributed by atoms with Crippen LogP contribution in [0.2, 0.25) is 0 Å². The minimum Gasteiger partial charge on any atom is -0.495 e. The average molecular weight is 228 g/mol. The fraction of sp³-hybridized carbons (Fsp3) is 0.455. The monoisotopic (exact) mass is 228 g/mol. The summed E-state index contributed by atoms with van der Waals surface area (Å²) in [7, 11) is 1.51. The summed E-state index contributed by atoms with van der Waals surface area (Å²) in [5.74, 6) is -2.07. The molecule has 0 bridgehead atoms. The summed E-state index contributed by atoms with van der Waals surface area (Å²) in [4.78, 5) is 1.62. The van der Waals surface area contributed by atoms with Gasteiger partial charge in [0.25, 0.3) is 5.92 Å². The van der Waals surface area contributed by atoms with E-state index in [1.807, 2.05) is 0 Å². The molecule has 0 spiro atoms. The second kappa shape index (κ2) is 3.81. The molecule has 2 rings (SSSR count). The van der Waals surface area contributed by atoms with Gasteiger partial charge in [-0.25, -0.2) is 8.78 Å². The van der Waals surface area contributed by atoms with E-state index in [9.17, 15) is 8.78 Å². The maximum Gasteiger partial charge on any atom is 0.266 e. The van der Waals surface area contributed by atoms with Crippen LogP contribution in [0.3, 0.4) is 0 Å². The van der Waals surface area contributed by atoms with E-state index in [0.29, 0.717) is 23.7 Å². The minimum atomic E-state index is -2.60. The van der Waals surface area contributed by atoms with Gasteiger partial charge in [-0.3, -0.25) is 0 Å². The Labute approximate surface area is 92.8 Å². The first-order valence-corrected chi connectivity index (χ1v) is 5.08. The molecular formula is C11H14F2N2O.